The molecule has 0 bridgehead atoms. The maximum absolute atomic E-state index is 11.3. The second-order valence-electron chi connectivity index (χ2n) is 2.30. The van der Waals surface area contributed by atoms with Gasteiger partial charge in [0.25, 0.3) is 0 Å². The first-order valence-electron chi connectivity index (χ1n) is 3.96. The Morgan fingerprint density at radius 2 is 2.50 bits per heavy atom. The molecule has 0 radical (unpaired) electrons. The molecule has 0 atom stereocenters. The Bertz CT molecular complexity index is 219. The predicted molar refractivity (Wildman–Crippen MR) is 42.4 cm³/mol. The van der Waals surface area contributed by atoms with Gasteiger partial charge in [-0.1, -0.05) is 0 Å². The van der Waals surface area contributed by atoms with Gasteiger partial charge in [0.05, 0.1) is 0 Å². The number of halogens is 2. The number of rotatable bonds is 4. The number of carbonyl (C=O) groups is 1. The summed E-state index contributed by atoms with van der Waals surface area (Å²) in [5.41, 5.74) is 0. The van der Waals surface area contributed by atoms with E-state index >= 15 is 0 Å². The third-order valence-corrected chi connectivity index (χ3v) is 8.08. The first-order valence-corrected chi connectivity index (χ1v) is 8.72. The molecule has 0 fully saturated rings. The van der Waals surface area contributed by atoms with Gasteiger partial charge >= 0.3 is 95.0 Å². The van der Waals surface area contributed by atoms with E-state index in [9.17, 15) is 4.79 Å². The molecule has 0 aromatic heterocycles. The van der Waals surface area contributed by atoms with Crippen molar-refractivity contribution in [2.24, 2.45) is 0 Å². The average Bonchev–Trinajstić information content (AvgIpc) is 2.06. The molecular formula is C9H12I2O-2. The van der Waals surface area contributed by atoms with Crippen LogP contribution in [0.15, 0.2) is 21.8 Å². The Labute approximate surface area is 94.2 Å². The van der Waals surface area contributed by atoms with E-state index in [4.69, 9.17) is 0 Å². The summed E-state index contributed by atoms with van der Waals surface area (Å²) in [5, 5.41) is 0. The molecule has 12 heavy (non-hydrogen) atoms. The minimum absolute atomic E-state index is 0.117. The molecule has 1 aliphatic rings. The Balaban J connectivity index is 2.34. The van der Waals surface area contributed by atoms with E-state index in [0.717, 1.165) is 17.3 Å². The maximum atomic E-state index is 11.3. The SMILES string of the molecule is CC[I-]C(=O)[I-]C1=CC=CCC1. The van der Waals surface area contributed by atoms with Crippen molar-refractivity contribution in [2.45, 2.75) is 19.8 Å². The van der Waals surface area contributed by atoms with Gasteiger partial charge in [-0.05, 0) is 0 Å². The fourth-order valence-corrected chi connectivity index (χ4v) is 7.79. The van der Waals surface area contributed by atoms with Crippen molar-refractivity contribution in [3.8, 4) is 0 Å². The van der Waals surface area contributed by atoms with Crippen LogP contribution in [0.1, 0.15) is 19.8 Å². The summed E-state index contributed by atoms with van der Waals surface area (Å²) in [5.74, 6) is 0. The molecule has 3 heteroatoms. The van der Waals surface area contributed by atoms with Crippen LogP contribution >= 0.6 is 0 Å². The summed E-state index contributed by atoms with van der Waals surface area (Å²) < 4.78 is 3.16. The van der Waals surface area contributed by atoms with E-state index in [1.165, 1.54) is 3.58 Å². The zero-order chi connectivity index (χ0) is 8.81. The second-order valence-corrected chi connectivity index (χ2v) is 10.5. The topological polar surface area (TPSA) is 17.1 Å². The van der Waals surface area contributed by atoms with E-state index in [2.05, 4.69) is 25.2 Å². The first-order chi connectivity index (χ1) is 5.83. The van der Waals surface area contributed by atoms with E-state index in [-0.39, 0.29) is 42.4 Å². The number of allylic oxidation sites excluding steroid dienone is 4. The van der Waals surface area contributed by atoms with Gasteiger partial charge in [-0.15, -0.1) is 0 Å². The zero-order valence-electron chi connectivity index (χ0n) is 7.02. The van der Waals surface area contributed by atoms with Crippen LogP contribution in [0.3, 0.4) is 0 Å². The van der Waals surface area contributed by atoms with Crippen LogP contribution in [-0.4, -0.2) is 6.22 Å². The Kier molecular flexibility index (Phi) is 5.45. The molecule has 0 amide bonds. The summed E-state index contributed by atoms with van der Waals surface area (Å²) in [7, 11) is 0. The summed E-state index contributed by atoms with van der Waals surface area (Å²) in [6.45, 7) is 2.12. The van der Waals surface area contributed by atoms with Gasteiger partial charge in [0.1, 0.15) is 0 Å². The summed E-state index contributed by atoms with van der Waals surface area (Å²) in [4.78, 5) is 11.3. The van der Waals surface area contributed by atoms with Crippen LogP contribution in [0, 0.1) is 0 Å². The molecule has 0 aromatic carbocycles. The van der Waals surface area contributed by atoms with Crippen molar-refractivity contribution in [2.75, 3.05) is 4.43 Å². The monoisotopic (exact) mass is 390 g/mol. The van der Waals surface area contributed by atoms with Gasteiger partial charge in [0, 0.05) is 0 Å². The fourth-order valence-electron chi connectivity index (χ4n) is 0.878. The number of hydrogen-bond acceptors (Lipinski definition) is 1. The van der Waals surface area contributed by atoms with Crippen molar-refractivity contribution in [3.05, 3.63) is 21.8 Å². The molecule has 0 aliphatic heterocycles. The van der Waals surface area contributed by atoms with Crippen molar-refractivity contribution in [1.82, 2.24) is 0 Å². The molecule has 1 nitrogen and oxygen atoms in total. The van der Waals surface area contributed by atoms with Gasteiger partial charge in [-0.3, -0.25) is 0 Å². The second kappa shape index (κ2) is 6.12. The Morgan fingerprint density at radius 1 is 1.67 bits per heavy atom. The molecule has 0 spiro atoms. The quantitative estimate of drug-likeness (QED) is 0.277. The van der Waals surface area contributed by atoms with Crippen LogP contribution in [-0.2, 0) is 0 Å². The van der Waals surface area contributed by atoms with Gasteiger partial charge in [0.15, 0.2) is 0 Å². The van der Waals surface area contributed by atoms with Crippen molar-refractivity contribution in [3.63, 3.8) is 0 Å². The molecule has 0 saturated heterocycles. The van der Waals surface area contributed by atoms with Crippen LogP contribution in [0.5, 0.6) is 0 Å². The molecule has 0 heterocycles. The van der Waals surface area contributed by atoms with E-state index < -0.39 is 0 Å². The molecule has 0 saturated carbocycles. The number of carbonyl (C=O) groups excluding carboxylic acids is 1. The minimum atomic E-state index is -0.246. The van der Waals surface area contributed by atoms with Gasteiger partial charge in [-0.2, -0.15) is 0 Å². The zero-order valence-corrected chi connectivity index (χ0v) is 11.3. The summed E-state index contributed by atoms with van der Waals surface area (Å²) in [6.07, 6.45) is 8.70. The van der Waals surface area contributed by atoms with Gasteiger partial charge in [0.2, 0.25) is 0 Å². The summed E-state index contributed by atoms with van der Waals surface area (Å²) >= 11 is -0.362. The average molecular weight is 390 g/mol. The first kappa shape index (κ1) is 10.7. The Hall–Kier alpha value is 0.610. The normalized spacial score (nSPS) is 16.6. The van der Waals surface area contributed by atoms with E-state index in [1.54, 1.807) is 0 Å². The van der Waals surface area contributed by atoms with Gasteiger partial charge < -0.3 is 0 Å². The standard InChI is InChI=1S/C9H12I2O/c1-2-10-9(12)11-8-6-4-3-5-7-8/h3-4,6H,2,5,7H2,1H3/q-2. The van der Waals surface area contributed by atoms with Crippen LogP contribution in [0.25, 0.3) is 0 Å². The third-order valence-electron chi connectivity index (χ3n) is 1.40. The fraction of sp³-hybridized carbons (Fsp3) is 0.444. The summed E-state index contributed by atoms with van der Waals surface area (Å²) in [6, 6.07) is 0. The molecule has 1 rings (SSSR count). The number of alkyl halides is 1. The van der Waals surface area contributed by atoms with Gasteiger partial charge in [-0.25, -0.2) is 0 Å². The Morgan fingerprint density at radius 3 is 3.08 bits per heavy atom. The molecule has 0 N–H and O–H groups in total. The molecule has 1 aliphatic carbocycles. The number of hydrogen-bond donors (Lipinski definition) is 0. The van der Waals surface area contributed by atoms with Crippen molar-refractivity contribution in [1.29, 1.82) is 0 Å². The third kappa shape index (κ3) is 4.02. The molecule has 70 valence electrons. The molecular weight excluding hydrogens is 378 g/mol. The van der Waals surface area contributed by atoms with E-state index in [1.807, 2.05) is 0 Å². The molecule has 0 unspecified atom stereocenters. The van der Waals surface area contributed by atoms with Crippen molar-refractivity contribution < 1.29 is 47.2 Å². The van der Waals surface area contributed by atoms with Crippen LogP contribution in [0.2, 0.25) is 0 Å². The van der Waals surface area contributed by atoms with Crippen molar-refractivity contribution >= 4 is 1.80 Å². The van der Waals surface area contributed by atoms with Crippen LogP contribution in [0.4, 0.5) is 4.79 Å². The van der Waals surface area contributed by atoms with E-state index in [0.29, 0.717) is 1.80 Å². The van der Waals surface area contributed by atoms with Crippen LogP contribution < -0.4 is 42.4 Å². The predicted octanol–water partition coefficient (Wildman–Crippen LogP) is -3.46. The molecule has 0 aromatic rings.